The summed E-state index contributed by atoms with van der Waals surface area (Å²) >= 11 is 0. The van der Waals surface area contributed by atoms with Crippen molar-refractivity contribution in [2.24, 2.45) is 0 Å². The van der Waals surface area contributed by atoms with E-state index in [1.807, 2.05) is 72.8 Å². The van der Waals surface area contributed by atoms with E-state index in [4.69, 9.17) is 0 Å². The van der Waals surface area contributed by atoms with E-state index >= 15 is 0 Å². The van der Waals surface area contributed by atoms with Gasteiger partial charge in [-0.1, -0.05) is 24.3 Å². The molecule has 0 aromatic carbocycles. The first-order chi connectivity index (χ1) is 22.8. The topological polar surface area (TPSA) is 103 Å². The number of halogens is 12. The molecule has 0 fully saturated rings. The van der Waals surface area contributed by atoms with Crippen LogP contribution in [0.15, 0.2) is 147 Å². The smallest absolute Gasteiger partial charge is 0.255 e. The third-order valence-corrected chi connectivity index (χ3v) is 4.14. The number of hydrogen-bond acceptors (Lipinski definition) is 8. The summed E-state index contributed by atoms with van der Waals surface area (Å²) in [5.41, 5.74) is 3.66. The van der Waals surface area contributed by atoms with Gasteiger partial charge in [-0.2, -0.15) is 0 Å². The third-order valence-electron chi connectivity index (χ3n) is 4.14. The number of nitrogens with zero attached hydrogens (tertiary/aromatic N) is 8. The fraction of sp³-hybridized carbons (Fsp3) is 0. The van der Waals surface area contributed by atoms with Crippen molar-refractivity contribution in [1.82, 2.24) is 39.9 Å². The molecular weight excluding hydrogens is 839 g/mol. The van der Waals surface area contributed by atoms with E-state index in [2.05, 4.69) is 39.9 Å². The number of pyridine rings is 4. The Morgan fingerprint density at radius 3 is 0.588 bits per heavy atom. The molecule has 0 aliphatic heterocycles. The first-order valence-electron chi connectivity index (χ1n) is 13.0. The van der Waals surface area contributed by atoms with Gasteiger partial charge >= 0.3 is 85.5 Å². The molecule has 0 aliphatic rings. The predicted octanol–water partition coefficient (Wildman–Crippen LogP) is 12.0. The van der Waals surface area contributed by atoms with E-state index < -0.39 is 15.6 Å². The van der Waals surface area contributed by atoms with Crippen molar-refractivity contribution in [3.8, 4) is 22.8 Å². The van der Waals surface area contributed by atoms with Gasteiger partial charge in [0.25, 0.3) is 0 Å². The van der Waals surface area contributed by atoms with Crippen LogP contribution in [0.4, 0.5) is 50.4 Å². The molecule has 0 atom stereocenters. The molecule has 6 rings (SSSR count). The minimum absolute atomic E-state index is 0. The molecule has 0 N–H and O–H groups in total. The van der Waals surface area contributed by atoms with Crippen LogP contribution < -0.4 is 0 Å². The molecule has 0 spiro atoms. The van der Waals surface area contributed by atoms with Crippen molar-refractivity contribution < 1.29 is 69.8 Å². The summed E-state index contributed by atoms with van der Waals surface area (Å²) in [6.45, 7) is 0. The Kier molecular flexibility index (Phi) is 16.9. The summed E-state index contributed by atoms with van der Waals surface area (Å²) in [7, 11) is -21.3. The van der Waals surface area contributed by atoms with Gasteiger partial charge in [-0.25, -0.2) is 19.9 Å². The van der Waals surface area contributed by atoms with Crippen LogP contribution in [-0.2, 0) is 19.5 Å². The van der Waals surface area contributed by atoms with Gasteiger partial charge in [0.2, 0.25) is 0 Å². The molecule has 23 heteroatoms. The predicted molar refractivity (Wildman–Crippen MR) is 166 cm³/mol. The Morgan fingerprint density at radius 2 is 0.490 bits per heavy atom. The van der Waals surface area contributed by atoms with Crippen LogP contribution in [0.1, 0.15) is 0 Å². The SMILES string of the molecule is F[P-](F)(F)(F)(F)F.F[P-](F)(F)(F)(F)F.[Ru+2].c1ccc(-c2ccccn2)nc1.c1ccc(-c2ccccn2)nc1.c1cncnc1.c1cncnc1. The van der Waals surface area contributed by atoms with E-state index in [-0.39, 0.29) is 19.5 Å². The van der Waals surface area contributed by atoms with Gasteiger partial charge in [-0.15, -0.1) is 0 Å². The molecule has 278 valence electrons. The molecule has 0 bridgehead atoms. The number of rotatable bonds is 2. The molecule has 51 heavy (non-hydrogen) atoms. The standard InChI is InChI=1S/2C10H8N2.2C4H4N2.2F6P.Ru/c2*1-3-7-11-9(5-1)10-6-2-4-8-12-10;2*1-2-5-4-6-3-1;2*1-7(2,3,4,5)6;/h2*1-8H;2*1-4H;;;/q;;;;2*-1;+2. The van der Waals surface area contributed by atoms with Gasteiger partial charge in [0.05, 0.1) is 22.8 Å². The zero-order chi connectivity index (χ0) is 37.8. The molecule has 8 nitrogen and oxygen atoms in total. The van der Waals surface area contributed by atoms with Gasteiger partial charge in [-0.05, 0) is 60.7 Å². The summed E-state index contributed by atoms with van der Waals surface area (Å²) in [5, 5.41) is 0. The second-order valence-corrected chi connectivity index (χ2v) is 12.4. The maximum Gasteiger partial charge on any atom is 2.00 e. The van der Waals surface area contributed by atoms with E-state index in [0.29, 0.717) is 0 Å². The van der Waals surface area contributed by atoms with Crippen LogP contribution in [-0.4, -0.2) is 39.9 Å². The molecule has 0 unspecified atom stereocenters. The monoisotopic (exact) mass is 864 g/mol. The summed E-state index contributed by atoms with van der Waals surface area (Å²) in [4.78, 5) is 31.4. The van der Waals surface area contributed by atoms with Crippen LogP contribution in [0.3, 0.4) is 0 Å². The van der Waals surface area contributed by atoms with Crippen molar-refractivity contribution >= 4 is 15.6 Å². The molecular formula is C28H24F12N8P2Ru. The molecule has 0 saturated carbocycles. The second-order valence-electron chi connectivity index (χ2n) is 8.58. The first kappa shape index (κ1) is 46.4. The van der Waals surface area contributed by atoms with Crippen molar-refractivity contribution in [1.29, 1.82) is 0 Å². The molecule has 0 saturated heterocycles. The Balaban J connectivity index is 0.000000603. The molecule has 0 amide bonds. The van der Waals surface area contributed by atoms with Gasteiger partial charge in [0.15, 0.2) is 0 Å². The number of aromatic nitrogens is 8. The molecule has 6 aromatic rings. The minimum atomic E-state index is -10.7. The largest absolute Gasteiger partial charge is 2.00 e. The first-order valence-corrected chi connectivity index (χ1v) is 17.1. The van der Waals surface area contributed by atoms with E-state index in [1.165, 1.54) is 12.7 Å². The van der Waals surface area contributed by atoms with Gasteiger partial charge in [0, 0.05) is 49.6 Å². The van der Waals surface area contributed by atoms with Crippen molar-refractivity contribution in [3.63, 3.8) is 0 Å². The minimum Gasteiger partial charge on any atom is -0.255 e. The zero-order valence-corrected chi connectivity index (χ0v) is 28.7. The number of hydrogen-bond donors (Lipinski definition) is 0. The fourth-order valence-electron chi connectivity index (χ4n) is 2.56. The van der Waals surface area contributed by atoms with E-state index in [1.54, 1.807) is 61.7 Å². The van der Waals surface area contributed by atoms with E-state index in [0.717, 1.165) is 22.8 Å². The van der Waals surface area contributed by atoms with Gasteiger partial charge in [-0.3, -0.25) is 19.9 Å². The maximum absolute atomic E-state index is 10.7. The van der Waals surface area contributed by atoms with Crippen molar-refractivity contribution in [3.05, 3.63) is 147 Å². The fourth-order valence-corrected chi connectivity index (χ4v) is 2.56. The Morgan fingerprint density at radius 1 is 0.294 bits per heavy atom. The average molecular weight is 864 g/mol. The molecule has 6 heterocycles. The van der Waals surface area contributed by atoms with Gasteiger partial charge in [0.1, 0.15) is 12.7 Å². The normalized spacial score (nSPS) is 12.8. The van der Waals surface area contributed by atoms with Crippen LogP contribution in [0.5, 0.6) is 0 Å². The Hall–Kier alpha value is -4.60. The summed E-state index contributed by atoms with van der Waals surface area (Å²) in [6.07, 6.45) is 16.8. The zero-order valence-electron chi connectivity index (χ0n) is 25.2. The molecule has 0 radical (unpaired) electrons. The quantitative estimate of drug-likeness (QED) is 0.0963. The van der Waals surface area contributed by atoms with Crippen LogP contribution in [0.25, 0.3) is 22.8 Å². The van der Waals surface area contributed by atoms with Crippen LogP contribution >= 0.6 is 15.6 Å². The molecule has 0 aliphatic carbocycles. The Labute approximate surface area is 294 Å². The Bertz CT molecular complexity index is 1470. The average Bonchev–Trinajstić information content (AvgIpc) is 3.06. The van der Waals surface area contributed by atoms with Crippen molar-refractivity contribution in [2.75, 3.05) is 0 Å². The maximum atomic E-state index is 9.87. The van der Waals surface area contributed by atoms with Gasteiger partial charge < -0.3 is 0 Å². The summed E-state index contributed by atoms with van der Waals surface area (Å²) < 4.78 is 118. The second kappa shape index (κ2) is 18.6. The molecule has 6 aromatic heterocycles. The van der Waals surface area contributed by atoms with Crippen LogP contribution in [0, 0.1) is 0 Å². The van der Waals surface area contributed by atoms with Crippen LogP contribution in [0.2, 0.25) is 0 Å². The van der Waals surface area contributed by atoms with Crippen molar-refractivity contribution in [2.45, 2.75) is 0 Å². The summed E-state index contributed by atoms with van der Waals surface area (Å²) in [5.74, 6) is 0. The van der Waals surface area contributed by atoms with E-state index in [9.17, 15) is 50.4 Å². The third kappa shape index (κ3) is 38.1. The summed E-state index contributed by atoms with van der Waals surface area (Å²) in [6, 6.07) is 26.7.